The lowest BCUT2D eigenvalue weighted by Crippen LogP contribution is -2.30. The number of nitrogens with zero attached hydrogens (tertiary/aromatic N) is 7. The number of Topliss-reactive ketones (excluding diaryl/α,β-unsaturated/α-hetero) is 1. The van der Waals surface area contributed by atoms with Gasteiger partial charge in [-0.05, 0) is 48.6 Å². The summed E-state index contributed by atoms with van der Waals surface area (Å²) in [4.78, 5) is 19.2. The molecule has 0 bridgehead atoms. The highest BCUT2D eigenvalue weighted by Crippen LogP contribution is 2.68. The second-order valence-electron chi connectivity index (χ2n) is 15.7. The van der Waals surface area contributed by atoms with Gasteiger partial charge in [0.25, 0.3) is 5.92 Å². The Balaban J connectivity index is 1.19. The van der Waals surface area contributed by atoms with E-state index < -0.39 is 92.8 Å². The van der Waals surface area contributed by atoms with E-state index >= 15 is 8.78 Å². The Bertz CT molecular complexity index is 2830. The van der Waals surface area contributed by atoms with E-state index in [-0.39, 0.29) is 40.9 Å². The lowest BCUT2D eigenvalue weighted by atomic mass is 9.86. The molecule has 0 radical (unpaired) electrons. The number of ether oxygens (including phenoxy) is 1. The zero-order chi connectivity index (χ0) is 42.6. The number of rotatable bonds is 12. The summed E-state index contributed by atoms with van der Waals surface area (Å²) < 4.78 is 137. The van der Waals surface area contributed by atoms with Crippen LogP contribution < -0.4 is 0 Å². The Labute approximate surface area is 342 Å². The van der Waals surface area contributed by atoms with Crippen LogP contribution in [0.3, 0.4) is 0 Å². The maximum absolute atomic E-state index is 15.5. The predicted octanol–water partition coefficient (Wildman–Crippen LogP) is 7.96. The molecule has 1 saturated carbocycles. The maximum atomic E-state index is 15.5. The number of benzene rings is 2. The fourth-order valence-electron chi connectivity index (χ4n) is 8.62. The van der Waals surface area contributed by atoms with Gasteiger partial charge in [-0.15, -0.1) is 0 Å². The van der Waals surface area contributed by atoms with Gasteiger partial charge in [0.05, 0.1) is 58.8 Å². The monoisotopic (exact) mass is 875 g/mol. The molecule has 60 heavy (non-hydrogen) atoms. The molecule has 2 aliphatic carbocycles. The molecule has 1 saturated heterocycles. The molecular weight excluding hydrogens is 843 g/mol. The van der Waals surface area contributed by atoms with Crippen LogP contribution in [0, 0.1) is 17.6 Å². The molecule has 3 aliphatic rings. The summed E-state index contributed by atoms with van der Waals surface area (Å²) in [6.45, 7) is -0.0553. The van der Waals surface area contributed by atoms with Crippen LogP contribution in [0.1, 0.15) is 64.6 Å². The molecule has 2 fully saturated rings. The average Bonchev–Trinajstić information content (AvgIpc) is 3.34. The Morgan fingerprint density at radius 1 is 1.05 bits per heavy atom. The van der Waals surface area contributed by atoms with E-state index in [1.54, 1.807) is 48.4 Å². The van der Waals surface area contributed by atoms with Gasteiger partial charge in [0.1, 0.15) is 23.9 Å². The minimum atomic E-state index is -5.05. The molecular formula is C40H33ClF7N7O4S. The van der Waals surface area contributed by atoms with E-state index in [1.165, 1.54) is 4.68 Å². The largest absolute Gasteiger partial charge is 0.435 e. The van der Waals surface area contributed by atoms with Crippen molar-refractivity contribution in [3.8, 4) is 22.4 Å². The number of alkyl halides is 5. The van der Waals surface area contributed by atoms with Gasteiger partial charge in [-0.3, -0.25) is 23.8 Å². The van der Waals surface area contributed by atoms with Gasteiger partial charge in [-0.25, -0.2) is 17.2 Å². The Morgan fingerprint density at radius 3 is 2.43 bits per heavy atom. The van der Waals surface area contributed by atoms with E-state index in [0.717, 1.165) is 18.4 Å². The second-order valence-corrected chi connectivity index (χ2v) is 18.3. The Morgan fingerprint density at radius 2 is 1.77 bits per heavy atom. The summed E-state index contributed by atoms with van der Waals surface area (Å²) in [6, 6.07) is 9.35. The fourth-order valence-corrected chi connectivity index (χ4v) is 9.58. The number of aryl methyl sites for hydroxylation is 1. The van der Waals surface area contributed by atoms with Gasteiger partial charge in [0.15, 0.2) is 21.3 Å². The lowest BCUT2D eigenvalue weighted by Gasteiger charge is -2.25. The second kappa shape index (κ2) is 14.2. The molecule has 4 aromatic heterocycles. The molecule has 0 N–H and O–H groups in total. The normalized spacial score (nSPS) is 19.0. The van der Waals surface area contributed by atoms with Crippen molar-refractivity contribution >= 4 is 38.1 Å². The molecule has 5 heterocycles. The highest BCUT2D eigenvalue weighted by atomic mass is 35.5. The summed E-state index contributed by atoms with van der Waals surface area (Å²) in [5, 5.41) is 13.0. The number of carbonyl (C=O) groups excluding carboxylic acids is 1. The molecule has 3 atom stereocenters. The Kier molecular flexibility index (Phi) is 9.55. The van der Waals surface area contributed by atoms with Crippen LogP contribution in [0.2, 0.25) is 5.02 Å². The third-order valence-electron chi connectivity index (χ3n) is 11.3. The van der Waals surface area contributed by atoms with Crippen LogP contribution in [-0.2, 0) is 57.2 Å². The van der Waals surface area contributed by atoms with E-state index in [2.05, 4.69) is 15.3 Å². The number of hydrogen-bond donors (Lipinski definition) is 0. The Hall–Kier alpha value is -5.14. The third-order valence-corrected chi connectivity index (χ3v) is 12.4. The van der Waals surface area contributed by atoms with Crippen LogP contribution >= 0.6 is 11.6 Å². The molecule has 9 rings (SSSR count). The van der Waals surface area contributed by atoms with Crippen molar-refractivity contribution in [3.05, 3.63) is 105 Å². The smallest absolute Gasteiger partial charge is 0.377 e. The molecule has 2 aromatic carbocycles. The van der Waals surface area contributed by atoms with Gasteiger partial charge in [0, 0.05) is 71.5 Å². The van der Waals surface area contributed by atoms with Crippen molar-refractivity contribution < 1.29 is 48.7 Å². The van der Waals surface area contributed by atoms with E-state index in [4.69, 9.17) is 21.3 Å². The number of hydrogen-bond acceptors (Lipinski definition) is 8. The van der Waals surface area contributed by atoms with Crippen molar-refractivity contribution in [2.45, 2.75) is 61.5 Å². The third kappa shape index (κ3) is 7.17. The van der Waals surface area contributed by atoms with Crippen molar-refractivity contribution in [3.63, 3.8) is 0 Å². The number of pyridine rings is 1. The van der Waals surface area contributed by atoms with Crippen LogP contribution in [0.25, 0.3) is 33.3 Å². The first kappa shape index (κ1) is 40.3. The van der Waals surface area contributed by atoms with Crippen molar-refractivity contribution in [2.24, 2.45) is 13.0 Å². The summed E-state index contributed by atoms with van der Waals surface area (Å²) in [5.74, 6) is -10.1. The van der Waals surface area contributed by atoms with Crippen molar-refractivity contribution in [1.29, 1.82) is 0 Å². The molecule has 20 heteroatoms. The number of ketones is 1. The number of sulfone groups is 1. The number of aromatic nitrogens is 7. The highest BCUT2D eigenvalue weighted by molar-refractivity contribution is 7.89. The summed E-state index contributed by atoms with van der Waals surface area (Å²) in [5.41, 5.74) is -0.407. The average molecular weight is 876 g/mol. The molecule has 6 aromatic rings. The van der Waals surface area contributed by atoms with E-state index in [1.807, 2.05) is 0 Å². The highest BCUT2D eigenvalue weighted by Gasteiger charge is 2.68. The zero-order valence-corrected chi connectivity index (χ0v) is 33.2. The first-order chi connectivity index (χ1) is 28.3. The lowest BCUT2D eigenvalue weighted by molar-refractivity contribution is -0.142. The zero-order valence-electron chi connectivity index (χ0n) is 31.7. The molecule has 0 amide bonds. The minimum Gasteiger partial charge on any atom is -0.377 e. The maximum Gasteiger partial charge on any atom is 0.435 e. The topological polar surface area (TPSA) is 127 Å². The quantitative estimate of drug-likeness (QED) is 0.114. The minimum absolute atomic E-state index is 0.0149. The summed E-state index contributed by atoms with van der Waals surface area (Å²) in [6.07, 6.45) is -1.59. The van der Waals surface area contributed by atoms with Crippen molar-refractivity contribution in [2.75, 3.05) is 19.5 Å². The molecule has 0 spiro atoms. The van der Waals surface area contributed by atoms with Crippen LogP contribution in [0.5, 0.6) is 0 Å². The summed E-state index contributed by atoms with van der Waals surface area (Å²) in [7, 11) is -2.00. The van der Waals surface area contributed by atoms with Gasteiger partial charge < -0.3 is 4.74 Å². The number of fused-ring (bicyclic) bond motifs is 4. The van der Waals surface area contributed by atoms with E-state index in [0.29, 0.717) is 57.2 Å². The van der Waals surface area contributed by atoms with Crippen LogP contribution in [0.15, 0.2) is 54.9 Å². The van der Waals surface area contributed by atoms with Crippen LogP contribution in [-0.4, -0.2) is 68.0 Å². The molecule has 0 unspecified atom stereocenters. The SMILES string of the molecule is Cn1nc(CS(C)(=O)=O)c2c(Cl)ccc(-c3ccc(-c4cnn(C5COC5)c4)nc3[C@@H](CC(=O)Cn3nc(C(F)(F)F)c4c3C(F)(F)[C@@H]3C[C@H]43)Cc3cc(F)cc(F)c3)c21. The van der Waals surface area contributed by atoms with Gasteiger partial charge in [-0.2, -0.15) is 37.2 Å². The van der Waals surface area contributed by atoms with Crippen molar-refractivity contribution in [1.82, 2.24) is 34.3 Å². The molecule has 11 nitrogen and oxygen atoms in total. The standard InChI is InChI=1S/C40H33ClF7N7O4S/c1-53-36-27(3-5-30(41)34(36)32(51-53)18-60(2,57)58)26-4-6-31(21-13-49-54(14-21)24-16-59-17-24)50-35(26)20(7-19-8-22(42)11-23(43)9-19)10-25(56)15-55-38-33(37(52-55)40(46,47)48)28-12-29(28)39(38,44)45/h3-6,8-9,11,13-14,20,24,28-29H,7,10,12,15-18H2,1-2H3/t20-,28+,29-/m1/s1. The van der Waals surface area contributed by atoms with Gasteiger partial charge in [-0.1, -0.05) is 23.7 Å². The first-order valence-corrected chi connectivity index (χ1v) is 21.2. The predicted molar refractivity (Wildman–Crippen MR) is 203 cm³/mol. The number of carbonyl (C=O) groups is 1. The van der Waals surface area contributed by atoms with Crippen LogP contribution in [0.4, 0.5) is 30.7 Å². The molecule has 314 valence electrons. The van der Waals surface area contributed by atoms with E-state index in [9.17, 15) is 35.2 Å². The molecule has 1 aliphatic heterocycles. The fraction of sp³-hybridized carbons (Fsp3) is 0.375. The first-order valence-electron chi connectivity index (χ1n) is 18.7. The van der Waals surface area contributed by atoms with Gasteiger partial charge >= 0.3 is 6.18 Å². The summed E-state index contributed by atoms with van der Waals surface area (Å²) >= 11 is 6.67. The number of halogens is 8. The van der Waals surface area contributed by atoms with Gasteiger partial charge in [0.2, 0.25) is 0 Å².